The third-order valence-corrected chi connectivity index (χ3v) is 4.89. The first kappa shape index (κ1) is 33.6. The molecule has 202 valence electrons. The van der Waals surface area contributed by atoms with E-state index in [0.717, 1.165) is 29.6 Å². The molecule has 0 spiro atoms. The summed E-state index contributed by atoms with van der Waals surface area (Å²) in [6, 6.07) is 2.17. The Morgan fingerprint density at radius 3 is 2.49 bits per heavy atom. The molecule has 0 aliphatic heterocycles. The van der Waals surface area contributed by atoms with Gasteiger partial charge < -0.3 is 14.3 Å². The number of allylic oxidation sites excluding steroid dienone is 7. The van der Waals surface area contributed by atoms with E-state index in [2.05, 4.69) is 79.3 Å². The molecule has 37 heavy (non-hydrogen) atoms. The second-order valence-electron chi connectivity index (χ2n) is 8.45. The Morgan fingerprint density at radius 2 is 1.95 bits per heavy atom. The van der Waals surface area contributed by atoms with Crippen molar-refractivity contribution in [1.82, 2.24) is 14.5 Å². The van der Waals surface area contributed by atoms with Gasteiger partial charge >= 0.3 is 0 Å². The van der Waals surface area contributed by atoms with Gasteiger partial charge in [0.1, 0.15) is 0 Å². The van der Waals surface area contributed by atoms with Crippen LogP contribution < -0.4 is 10.6 Å². The first-order chi connectivity index (χ1) is 17.9. The van der Waals surface area contributed by atoms with Crippen LogP contribution in [0.3, 0.4) is 0 Å². The lowest BCUT2D eigenvalue weighted by Gasteiger charge is -2.05. The summed E-state index contributed by atoms with van der Waals surface area (Å²) in [5.74, 6) is 0.943. The minimum atomic E-state index is 0.463. The van der Waals surface area contributed by atoms with Gasteiger partial charge in [-0.15, -0.1) is 0 Å². The zero-order valence-corrected chi connectivity index (χ0v) is 24.0. The molecule has 1 unspecified atom stereocenters. The van der Waals surface area contributed by atoms with Crippen molar-refractivity contribution in [3.63, 3.8) is 0 Å². The van der Waals surface area contributed by atoms with Crippen molar-refractivity contribution in [3.8, 4) is 0 Å². The van der Waals surface area contributed by atoms with Gasteiger partial charge in [0, 0.05) is 55.1 Å². The smallest absolute Gasteiger partial charge is 0.0943 e. The molecular weight excluding hydrogens is 456 g/mol. The predicted octanol–water partition coefficient (Wildman–Crippen LogP) is 6.64. The fraction of sp³-hybridized carbons (Fsp3) is 0.375. The summed E-state index contributed by atoms with van der Waals surface area (Å²) in [4.78, 5) is 11.4. The number of aliphatic imine (C=N–C) groups is 1. The second-order valence-corrected chi connectivity index (χ2v) is 8.45. The van der Waals surface area contributed by atoms with E-state index >= 15 is 0 Å². The first-order valence-electron chi connectivity index (χ1n) is 13.1. The zero-order valence-electron chi connectivity index (χ0n) is 24.0. The van der Waals surface area contributed by atoms with E-state index in [9.17, 15) is 0 Å². The van der Waals surface area contributed by atoms with E-state index in [0.29, 0.717) is 18.4 Å². The van der Waals surface area contributed by atoms with E-state index in [1.165, 1.54) is 5.22 Å². The highest BCUT2D eigenvalue weighted by molar-refractivity contribution is 6.09. The van der Waals surface area contributed by atoms with Crippen LogP contribution >= 0.6 is 0 Å². The molecule has 0 bridgehead atoms. The van der Waals surface area contributed by atoms with Crippen LogP contribution in [0, 0.1) is 11.8 Å². The summed E-state index contributed by atoms with van der Waals surface area (Å²) < 4.78 is 7.73. The molecule has 0 amide bonds. The van der Waals surface area contributed by atoms with Crippen LogP contribution in [0.1, 0.15) is 53.7 Å². The largest absolute Gasteiger partial charge is 0.377 e. The van der Waals surface area contributed by atoms with Crippen molar-refractivity contribution in [2.45, 2.75) is 48.0 Å². The number of hydrogen-bond acceptors (Lipinski definition) is 3. The summed E-state index contributed by atoms with van der Waals surface area (Å²) in [5, 5.41) is 2.28. The average Bonchev–Trinajstić information content (AvgIpc) is 3.52. The summed E-state index contributed by atoms with van der Waals surface area (Å²) >= 11 is 0. The number of aromatic amines is 1. The molecule has 1 atom stereocenters. The molecule has 0 saturated carbocycles. The maximum Gasteiger partial charge on any atom is 0.0943 e. The second kappa shape index (κ2) is 21.8. The number of aryl methyl sites for hydroxylation is 1. The minimum absolute atomic E-state index is 0.463. The molecule has 0 aromatic carbocycles. The van der Waals surface area contributed by atoms with Crippen LogP contribution in [-0.2, 0) is 11.8 Å². The molecule has 1 N–H and O–H groups in total. The van der Waals surface area contributed by atoms with Gasteiger partial charge in [-0.25, -0.2) is 4.98 Å². The van der Waals surface area contributed by atoms with Gasteiger partial charge in [0.05, 0.1) is 12.9 Å². The lowest BCUT2D eigenvalue weighted by atomic mass is 10.1. The van der Waals surface area contributed by atoms with Crippen LogP contribution in [0.15, 0.2) is 85.6 Å². The van der Waals surface area contributed by atoms with Gasteiger partial charge in [-0.1, -0.05) is 90.3 Å². The molecular formula is C32H48N4O. The number of H-pyrrole nitrogens is 1. The van der Waals surface area contributed by atoms with E-state index in [4.69, 9.17) is 4.74 Å². The van der Waals surface area contributed by atoms with Gasteiger partial charge in [0.25, 0.3) is 0 Å². The van der Waals surface area contributed by atoms with Gasteiger partial charge in [-0.2, -0.15) is 0 Å². The fourth-order valence-electron chi connectivity index (χ4n) is 3.05. The van der Waals surface area contributed by atoms with Crippen molar-refractivity contribution in [3.05, 3.63) is 96.9 Å². The normalized spacial score (nSPS) is 13.7. The molecule has 0 saturated heterocycles. The molecule has 5 heteroatoms. The fourth-order valence-corrected chi connectivity index (χ4v) is 3.05. The van der Waals surface area contributed by atoms with E-state index in [-0.39, 0.29) is 0 Å². The number of imidazole rings is 1. The average molecular weight is 505 g/mol. The number of ether oxygens (including phenoxy) is 1. The number of hydrogen-bond donors (Lipinski definition) is 1. The van der Waals surface area contributed by atoms with Crippen molar-refractivity contribution < 1.29 is 4.74 Å². The first-order valence-corrected chi connectivity index (χ1v) is 13.1. The van der Waals surface area contributed by atoms with Crippen molar-refractivity contribution >= 4 is 23.9 Å². The van der Waals surface area contributed by atoms with E-state index < -0.39 is 0 Å². The maximum absolute atomic E-state index is 5.84. The third kappa shape index (κ3) is 16.0. The predicted molar refractivity (Wildman–Crippen MR) is 164 cm³/mol. The van der Waals surface area contributed by atoms with Gasteiger partial charge in [0.2, 0.25) is 0 Å². The Bertz CT molecular complexity index is 1100. The Morgan fingerprint density at radius 1 is 1.19 bits per heavy atom. The topological polar surface area (TPSA) is 55.2 Å². The number of nitrogens with zero attached hydrogens (tertiary/aromatic N) is 3. The van der Waals surface area contributed by atoms with Crippen LogP contribution in [-0.4, -0.2) is 34.0 Å². The molecule has 2 aromatic heterocycles. The zero-order chi connectivity index (χ0) is 27.9. The maximum atomic E-state index is 5.84. The molecule has 0 radical (unpaired) electrons. The van der Waals surface area contributed by atoms with Crippen LogP contribution in [0.25, 0.3) is 17.7 Å². The Labute approximate surface area is 225 Å². The highest BCUT2D eigenvalue weighted by Gasteiger charge is 2.02. The highest BCUT2D eigenvalue weighted by atomic mass is 16.5. The van der Waals surface area contributed by atoms with Gasteiger partial charge in [-0.05, 0) is 42.5 Å². The molecule has 2 aromatic rings. The van der Waals surface area contributed by atoms with E-state index in [1.807, 2.05) is 63.0 Å². The van der Waals surface area contributed by atoms with Crippen LogP contribution in [0.4, 0.5) is 0 Å². The third-order valence-electron chi connectivity index (χ3n) is 4.89. The molecule has 2 heterocycles. The highest BCUT2D eigenvalue weighted by Crippen LogP contribution is 2.07. The SMILES string of the molecule is C=C/C=C\C=C/C(C)CCOC/C=c1/[nH]c(/C(C=NC=C)=C/C)c/c1=C/C(C)C.CC.Cn1ccnc1. The summed E-state index contributed by atoms with van der Waals surface area (Å²) in [6.07, 6.45) is 26.1. The van der Waals surface area contributed by atoms with Crippen molar-refractivity contribution in [2.24, 2.45) is 23.9 Å². The summed E-state index contributed by atoms with van der Waals surface area (Å²) in [6.45, 7) is 21.2. The van der Waals surface area contributed by atoms with Crippen LogP contribution in [0.2, 0.25) is 0 Å². The molecule has 0 aliphatic rings. The lowest BCUT2D eigenvalue weighted by molar-refractivity contribution is 0.159. The Kier molecular flexibility index (Phi) is 19.8. The summed E-state index contributed by atoms with van der Waals surface area (Å²) in [5.41, 5.74) is 2.08. The van der Waals surface area contributed by atoms with Crippen molar-refractivity contribution in [1.29, 1.82) is 0 Å². The standard InChI is InChI=1S/C26H36N2O.C4H6N2.C2H6/c1-7-10-11-12-13-22(6)14-16-29-17-15-25-24(18-21(4)5)19-26(28-25)23(8-2)20-27-9-3;1-6-3-2-5-4-6;1-2/h7-13,15,18-22,28H,1,3,14,16-17H2,2,4-6H3;2-4H,1H3;1-2H3/b11-10-,13-12-,23-8+,24-18-,25-15+,27-20?;;. The minimum Gasteiger partial charge on any atom is -0.377 e. The number of nitrogens with one attached hydrogen (secondary N) is 1. The summed E-state index contributed by atoms with van der Waals surface area (Å²) in [7, 11) is 1.94. The van der Waals surface area contributed by atoms with Gasteiger partial charge in [0.15, 0.2) is 0 Å². The van der Waals surface area contributed by atoms with Crippen molar-refractivity contribution in [2.75, 3.05) is 13.2 Å². The van der Waals surface area contributed by atoms with Gasteiger partial charge in [-0.3, -0.25) is 4.99 Å². The quantitative estimate of drug-likeness (QED) is 0.200. The molecule has 5 nitrogen and oxygen atoms in total. The Hall–Kier alpha value is -3.44. The lowest BCUT2D eigenvalue weighted by Crippen LogP contribution is -2.23. The Balaban J connectivity index is 0.00000138. The monoisotopic (exact) mass is 504 g/mol. The molecule has 0 fully saturated rings. The number of aromatic nitrogens is 3. The van der Waals surface area contributed by atoms with E-state index in [1.54, 1.807) is 24.8 Å². The van der Waals surface area contributed by atoms with Crippen LogP contribution in [0.5, 0.6) is 0 Å². The molecule has 2 rings (SSSR count). The number of rotatable bonds is 12. The molecule has 0 aliphatic carbocycles.